The highest BCUT2D eigenvalue weighted by atomic mass is 35.5. The van der Waals surface area contributed by atoms with Crippen molar-refractivity contribution in [3.8, 4) is 5.75 Å². The number of benzene rings is 1. The fourth-order valence-electron chi connectivity index (χ4n) is 2.60. The molecule has 0 aliphatic heterocycles. The summed E-state index contributed by atoms with van der Waals surface area (Å²) in [7, 11) is 2.71. The van der Waals surface area contributed by atoms with E-state index < -0.39 is 28.8 Å². The third-order valence-corrected chi connectivity index (χ3v) is 4.54. The normalized spacial score (nSPS) is 16.4. The summed E-state index contributed by atoms with van der Waals surface area (Å²) in [6, 6.07) is 5.67. The molecule has 0 saturated carbocycles. The quantitative estimate of drug-likeness (QED) is 0.871. The second-order valence-electron chi connectivity index (χ2n) is 5.80. The number of aryl methyl sites for hydroxylation is 1. The van der Waals surface area contributed by atoms with Crippen LogP contribution in [0.1, 0.15) is 18.1 Å². The van der Waals surface area contributed by atoms with Gasteiger partial charge in [-0.1, -0.05) is 17.7 Å². The monoisotopic (exact) mass is 375 g/mol. The molecular weight excluding hydrogens is 359 g/mol. The van der Waals surface area contributed by atoms with Crippen LogP contribution in [0.5, 0.6) is 5.75 Å². The molecule has 0 bridgehead atoms. The highest BCUT2D eigenvalue weighted by molar-refractivity contribution is 6.31. The first kappa shape index (κ1) is 19.3. The van der Waals surface area contributed by atoms with E-state index in [4.69, 9.17) is 16.3 Å². The molecule has 2 unspecified atom stereocenters. The number of hydrogen-bond acceptors (Lipinski definition) is 3. The van der Waals surface area contributed by atoms with Crippen LogP contribution in [0.3, 0.4) is 0 Å². The molecular formula is C17H17ClF3NO3. The molecule has 1 heterocycles. The maximum absolute atomic E-state index is 15.6. The number of hydrogen-bond donors (Lipinski definition) is 1. The Morgan fingerprint density at radius 3 is 2.40 bits per heavy atom. The van der Waals surface area contributed by atoms with Gasteiger partial charge in [0.1, 0.15) is 11.4 Å². The summed E-state index contributed by atoms with van der Waals surface area (Å²) < 4.78 is 49.2. The predicted octanol–water partition coefficient (Wildman–Crippen LogP) is 3.38. The van der Waals surface area contributed by atoms with E-state index in [2.05, 4.69) is 0 Å². The van der Waals surface area contributed by atoms with Gasteiger partial charge in [-0.05, 0) is 25.1 Å². The number of alkyl halides is 3. The van der Waals surface area contributed by atoms with Crippen LogP contribution in [0, 0.1) is 0 Å². The van der Waals surface area contributed by atoms with Crippen molar-refractivity contribution in [1.29, 1.82) is 0 Å². The lowest BCUT2D eigenvalue weighted by molar-refractivity contribution is -0.176. The minimum atomic E-state index is -3.59. The molecule has 136 valence electrons. The third-order valence-electron chi connectivity index (χ3n) is 4.23. The van der Waals surface area contributed by atoms with Gasteiger partial charge >= 0.3 is 0 Å². The van der Waals surface area contributed by atoms with E-state index in [1.54, 1.807) is 0 Å². The lowest BCUT2D eigenvalue weighted by atomic mass is 9.76. The summed E-state index contributed by atoms with van der Waals surface area (Å²) in [6.45, 7) is 0.916. The maximum Gasteiger partial charge on any atom is 0.279 e. The smallest absolute Gasteiger partial charge is 0.279 e. The molecule has 2 aromatic rings. The first-order valence-corrected chi connectivity index (χ1v) is 7.64. The number of aromatic nitrogens is 1. The van der Waals surface area contributed by atoms with Gasteiger partial charge in [-0.25, -0.2) is 13.2 Å². The highest BCUT2D eigenvalue weighted by Gasteiger charge is 2.58. The van der Waals surface area contributed by atoms with Crippen LogP contribution < -0.4 is 10.3 Å². The Hall–Kier alpha value is -1.99. The van der Waals surface area contributed by atoms with Crippen molar-refractivity contribution in [2.24, 2.45) is 7.05 Å². The minimum Gasteiger partial charge on any atom is -0.497 e. The predicted molar refractivity (Wildman–Crippen MR) is 88.0 cm³/mol. The van der Waals surface area contributed by atoms with Gasteiger partial charge < -0.3 is 14.4 Å². The zero-order valence-electron chi connectivity index (χ0n) is 13.8. The van der Waals surface area contributed by atoms with E-state index in [1.165, 1.54) is 26.3 Å². The molecule has 0 spiro atoms. The Labute approximate surface area is 147 Å². The van der Waals surface area contributed by atoms with Crippen molar-refractivity contribution >= 4 is 11.6 Å². The third kappa shape index (κ3) is 3.14. The number of methoxy groups -OCH3 is 1. The summed E-state index contributed by atoms with van der Waals surface area (Å²) in [5, 5.41) is 10.4. The average molecular weight is 376 g/mol. The maximum atomic E-state index is 15.6. The fourth-order valence-corrected chi connectivity index (χ4v) is 2.91. The number of rotatable bonds is 5. The van der Waals surface area contributed by atoms with Gasteiger partial charge in [0, 0.05) is 30.4 Å². The van der Waals surface area contributed by atoms with Gasteiger partial charge in [0.25, 0.3) is 6.43 Å². The van der Waals surface area contributed by atoms with Crippen molar-refractivity contribution in [2.75, 3.05) is 7.11 Å². The Morgan fingerprint density at radius 1 is 1.28 bits per heavy atom. The average Bonchev–Trinajstić information content (AvgIpc) is 2.55. The molecule has 0 fully saturated rings. The van der Waals surface area contributed by atoms with Crippen molar-refractivity contribution in [3.05, 3.63) is 63.0 Å². The van der Waals surface area contributed by atoms with Crippen LogP contribution in [-0.4, -0.2) is 23.2 Å². The molecule has 0 saturated heterocycles. The first-order chi connectivity index (χ1) is 11.6. The lowest BCUT2D eigenvalue weighted by Crippen LogP contribution is -2.49. The Morgan fingerprint density at radius 2 is 1.92 bits per heavy atom. The summed E-state index contributed by atoms with van der Waals surface area (Å²) in [5.41, 5.74) is -7.38. The Bertz CT molecular complexity index is 838. The molecule has 4 nitrogen and oxygen atoms in total. The highest BCUT2D eigenvalue weighted by Crippen LogP contribution is 2.50. The van der Waals surface area contributed by atoms with Crippen molar-refractivity contribution < 1.29 is 23.0 Å². The molecule has 1 N–H and O–H groups in total. The number of ether oxygens (including phenoxy) is 1. The van der Waals surface area contributed by atoms with Crippen molar-refractivity contribution in [2.45, 2.75) is 24.6 Å². The van der Waals surface area contributed by atoms with Crippen molar-refractivity contribution in [1.82, 2.24) is 4.57 Å². The summed E-state index contributed by atoms with van der Waals surface area (Å²) in [6.07, 6.45) is -2.48. The fraction of sp³-hybridized carbons (Fsp3) is 0.353. The largest absolute Gasteiger partial charge is 0.497 e. The zero-order chi connectivity index (χ0) is 19.0. The Balaban J connectivity index is 2.69. The van der Waals surface area contributed by atoms with Gasteiger partial charge in [-0.2, -0.15) is 0 Å². The van der Waals surface area contributed by atoms with Crippen molar-refractivity contribution in [3.63, 3.8) is 0 Å². The summed E-state index contributed by atoms with van der Waals surface area (Å²) >= 11 is 5.97. The van der Waals surface area contributed by atoms with Gasteiger partial charge in [0.05, 0.1) is 12.1 Å². The second kappa shape index (κ2) is 6.72. The Kier molecular flexibility index (Phi) is 5.20. The number of aliphatic hydroxyl groups is 1. The molecule has 2 atom stereocenters. The van der Waals surface area contributed by atoms with E-state index in [0.717, 1.165) is 35.9 Å². The van der Waals surface area contributed by atoms with Crippen LogP contribution in [0.2, 0.25) is 5.02 Å². The molecule has 0 radical (unpaired) electrons. The van der Waals surface area contributed by atoms with E-state index in [1.807, 2.05) is 0 Å². The molecule has 2 rings (SSSR count). The van der Waals surface area contributed by atoms with Crippen LogP contribution in [0.4, 0.5) is 13.2 Å². The molecule has 0 aliphatic carbocycles. The molecule has 1 aromatic carbocycles. The number of pyridine rings is 1. The molecule has 0 aliphatic rings. The van der Waals surface area contributed by atoms with Crippen LogP contribution in [0.15, 0.2) is 41.3 Å². The molecule has 8 heteroatoms. The van der Waals surface area contributed by atoms with E-state index in [-0.39, 0.29) is 16.3 Å². The molecule has 25 heavy (non-hydrogen) atoms. The standard InChI is InChI=1S/C17H17ClF3NO3/c1-16(24,10-4-7-14(23)22(2)9-10)17(21,15(19)20)12-6-5-11(25-3)8-13(12)18/h4-9,15,24H,1-3H3. The van der Waals surface area contributed by atoms with E-state index >= 15 is 4.39 Å². The van der Waals surface area contributed by atoms with Crippen LogP contribution >= 0.6 is 11.6 Å². The van der Waals surface area contributed by atoms with E-state index in [0.29, 0.717) is 0 Å². The van der Waals surface area contributed by atoms with Gasteiger partial charge in [-0.3, -0.25) is 4.79 Å². The van der Waals surface area contributed by atoms with Gasteiger partial charge in [-0.15, -0.1) is 0 Å². The van der Waals surface area contributed by atoms with E-state index in [9.17, 15) is 18.7 Å². The summed E-state index contributed by atoms with van der Waals surface area (Å²) in [4.78, 5) is 11.5. The first-order valence-electron chi connectivity index (χ1n) is 7.26. The van der Waals surface area contributed by atoms with Gasteiger partial charge in [0.2, 0.25) is 11.2 Å². The minimum absolute atomic E-state index is 0.190. The molecule has 0 amide bonds. The number of nitrogens with zero attached hydrogens (tertiary/aromatic N) is 1. The SMILES string of the molecule is COc1ccc(C(F)(C(F)F)C(C)(O)c2ccc(=O)n(C)c2)c(Cl)c1. The zero-order valence-corrected chi connectivity index (χ0v) is 14.5. The number of halogens is 4. The molecule has 1 aromatic heterocycles. The lowest BCUT2D eigenvalue weighted by Gasteiger charge is -2.39. The second-order valence-corrected chi connectivity index (χ2v) is 6.20. The van der Waals surface area contributed by atoms with Crippen LogP contribution in [-0.2, 0) is 18.3 Å². The van der Waals surface area contributed by atoms with Gasteiger partial charge in [0.15, 0.2) is 0 Å². The van der Waals surface area contributed by atoms with Crippen LogP contribution in [0.25, 0.3) is 0 Å². The summed E-state index contributed by atoms with van der Waals surface area (Å²) in [5.74, 6) is 0.257. The topological polar surface area (TPSA) is 51.5 Å².